The minimum Gasteiger partial charge on any atom is -0.394 e. The van der Waals surface area contributed by atoms with Crippen LogP contribution < -0.4 is 22.7 Å². The Hall–Kier alpha value is -4.93. The number of hydrogen-bond donors (Lipinski definition) is 6. The summed E-state index contributed by atoms with van der Waals surface area (Å²) in [6, 6.07) is 18.0. The zero-order valence-electron chi connectivity index (χ0n) is 28.2. The summed E-state index contributed by atoms with van der Waals surface area (Å²) in [5.41, 5.74) is 11.3. The van der Waals surface area contributed by atoms with Gasteiger partial charge in [0.05, 0.1) is 32.8 Å². The quantitative estimate of drug-likeness (QED) is 0.0794. The number of aromatic nitrogens is 7. The van der Waals surface area contributed by atoms with Crippen LogP contribution in [0.25, 0.3) is 11.2 Å². The van der Waals surface area contributed by atoms with Crippen LogP contribution in [-0.4, -0.2) is 99.0 Å². The Bertz CT molecular complexity index is 2230. The maximum Gasteiger partial charge on any atom is 0.472 e. The molecule has 9 atom stereocenters. The van der Waals surface area contributed by atoms with E-state index in [4.69, 9.17) is 39.5 Å². The van der Waals surface area contributed by atoms with Gasteiger partial charge in [-0.15, -0.1) is 0 Å². The van der Waals surface area contributed by atoms with Gasteiger partial charge in [0.25, 0.3) is 5.56 Å². The number of imidazole rings is 1. The maximum atomic E-state index is 13.6. The topological polar surface area (TPSA) is 297 Å². The molecule has 2 fully saturated rings. The zero-order valence-corrected chi connectivity index (χ0v) is 29.1. The first-order chi connectivity index (χ1) is 26.0. The predicted octanol–water partition coefficient (Wildman–Crippen LogP) is -0.243. The molecule has 0 aliphatic carbocycles. The van der Waals surface area contributed by atoms with E-state index in [0.717, 1.165) is 22.0 Å². The molecule has 7 rings (SSSR count). The number of ether oxygens (including phenoxy) is 4. The number of benzene rings is 2. The van der Waals surface area contributed by atoms with Crippen LogP contribution >= 0.6 is 7.82 Å². The van der Waals surface area contributed by atoms with Gasteiger partial charge >= 0.3 is 13.5 Å². The highest BCUT2D eigenvalue weighted by Crippen LogP contribution is 2.50. The SMILES string of the molecule is Nc1ncn([C@@H]2O[C@H](COP(=O)(O)O[C@H]3[C@@H](OCc4ccccc4)[C@H](n4cnc5c(=O)[nH]c(N)nc54)O[C@@H]3CO)[C@@H](O)[C@H]2OCc2ccccc2)c(=O)n1. The largest absolute Gasteiger partial charge is 0.472 e. The van der Waals surface area contributed by atoms with Crippen LogP contribution in [-0.2, 0) is 45.8 Å². The first-order valence-corrected chi connectivity index (χ1v) is 18.0. The van der Waals surface area contributed by atoms with E-state index < -0.39 is 81.4 Å². The summed E-state index contributed by atoms with van der Waals surface area (Å²) in [7, 11) is -5.09. The molecular formula is C32H36N9O12P. The normalized spacial score (nSPS) is 26.6. The Morgan fingerprint density at radius 3 is 2.09 bits per heavy atom. The minimum atomic E-state index is -5.09. The predicted molar refractivity (Wildman–Crippen MR) is 185 cm³/mol. The number of phosphoric acid groups is 1. The lowest BCUT2D eigenvalue weighted by molar-refractivity contribution is -0.0821. The van der Waals surface area contributed by atoms with Gasteiger partial charge in [0.15, 0.2) is 23.6 Å². The van der Waals surface area contributed by atoms with Crippen molar-refractivity contribution in [2.75, 3.05) is 24.7 Å². The maximum absolute atomic E-state index is 13.6. The van der Waals surface area contributed by atoms with Gasteiger partial charge in [0, 0.05) is 0 Å². The van der Waals surface area contributed by atoms with Crippen molar-refractivity contribution in [1.29, 1.82) is 0 Å². The summed E-state index contributed by atoms with van der Waals surface area (Å²) in [4.78, 5) is 54.4. The lowest BCUT2D eigenvalue weighted by Crippen LogP contribution is -2.39. The molecule has 0 radical (unpaired) electrons. The third-order valence-electron chi connectivity index (χ3n) is 8.75. The van der Waals surface area contributed by atoms with E-state index >= 15 is 0 Å². The number of nitrogens with one attached hydrogen (secondary N) is 1. The van der Waals surface area contributed by atoms with Crippen LogP contribution in [0.4, 0.5) is 11.9 Å². The number of aliphatic hydroxyl groups is 2. The van der Waals surface area contributed by atoms with Crippen molar-refractivity contribution in [3.05, 3.63) is 105 Å². The van der Waals surface area contributed by atoms with E-state index in [2.05, 4.69) is 24.9 Å². The number of nitrogens with zero attached hydrogens (tertiary/aromatic N) is 6. The first-order valence-electron chi connectivity index (χ1n) is 16.5. The molecule has 2 aliphatic heterocycles. The van der Waals surface area contributed by atoms with Gasteiger partial charge in [-0.1, -0.05) is 60.7 Å². The fourth-order valence-electron chi connectivity index (χ4n) is 6.19. The van der Waals surface area contributed by atoms with Crippen LogP contribution in [0.3, 0.4) is 0 Å². The third kappa shape index (κ3) is 7.95. The molecular weight excluding hydrogens is 733 g/mol. The number of aromatic amines is 1. The summed E-state index contributed by atoms with van der Waals surface area (Å²) >= 11 is 0. The lowest BCUT2D eigenvalue weighted by Gasteiger charge is -2.26. The van der Waals surface area contributed by atoms with E-state index in [1.807, 2.05) is 12.1 Å². The molecule has 8 N–H and O–H groups in total. The number of hydrogen-bond acceptors (Lipinski definition) is 17. The molecule has 22 heteroatoms. The summed E-state index contributed by atoms with van der Waals surface area (Å²) in [5.74, 6) is -0.482. The molecule has 2 saturated heterocycles. The van der Waals surface area contributed by atoms with Crippen LogP contribution in [0.15, 0.2) is 82.9 Å². The smallest absolute Gasteiger partial charge is 0.394 e. The number of fused-ring (bicyclic) bond motifs is 1. The second-order valence-corrected chi connectivity index (χ2v) is 13.7. The molecule has 0 bridgehead atoms. The molecule has 21 nitrogen and oxygen atoms in total. The number of aliphatic hydroxyl groups excluding tert-OH is 2. The van der Waals surface area contributed by atoms with E-state index in [1.165, 1.54) is 10.9 Å². The molecule has 0 amide bonds. The van der Waals surface area contributed by atoms with Crippen LogP contribution in [0, 0.1) is 0 Å². The van der Waals surface area contributed by atoms with Gasteiger partial charge in [-0.25, -0.2) is 19.3 Å². The molecule has 2 aliphatic rings. The second kappa shape index (κ2) is 15.8. The fourth-order valence-corrected chi connectivity index (χ4v) is 7.15. The molecule has 3 aromatic heterocycles. The van der Waals surface area contributed by atoms with Crippen molar-refractivity contribution < 1.29 is 47.7 Å². The van der Waals surface area contributed by atoms with Gasteiger partial charge in [-0.2, -0.15) is 9.97 Å². The summed E-state index contributed by atoms with van der Waals surface area (Å²) in [6.45, 7) is -1.43. The summed E-state index contributed by atoms with van der Waals surface area (Å²) in [5, 5.41) is 21.6. The number of H-pyrrole nitrogens is 1. The van der Waals surface area contributed by atoms with E-state index in [1.54, 1.807) is 48.5 Å². The van der Waals surface area contributed by atoms with Crippen LogP contribution in [0.2, 0.25) is 0 Å². The Morgan fingerprint density at radius 1 is 0.833 bits per heavy atom. The zero-order chi connectivity index (χ0) is 38.0. The molecule has 1 unspecified atom stereocenters. The standard InChI is InChI=1S/C32H36N9O12P/c33-30-36-16-41(32(45)39-30)28-24(48-12-17-7-3-1-4-8-17)22(43)20(52-28)14-50-54(46,47)53-23-19(11-42)51-29(25(23)49-13-18-9-5-2-6-10-18)40-15-35-21-26(40)37-31(34)38-27(21)44/h1-10,15-16,19-20,22-25,28-29,42-43H,11-14H2,(H,46,47)(H2,33,39,45)(H3,34,37,38,44)/t19-,20-,22-,23-,24-,25-,28-,29-/m1/s1. The lowest BCUT2D eigenvalue weighted by atomic mass is 10.1. The molecule has 5 heterocycles. The Morgan fingerprint density at radius 2 is 1.44 bits per heavy atom. The number of nitrogen functional groups attached to an aromatic ring is 2. The van der Waals surface area contributed by atoms with E-state index in [0.29, 0.717) is 0 Å². The van der Waals surface area contributed by atoms with Gasteiger partial charge in [0.1, 0.15) is 43.0 Å². The number of rotatable bonds is 14. The van der Waals surface area contributed by atoms with Crippen molar-refractivity contribution in [2.24, 2.45) is 0 Å². The van der Waals surface area contributed by atoms with Crippen molar-refractivity contribution in [3.63, 3.8) is 0 Å². The van der Waals surface area contributed by atoms with Gasteiger partial charge < -0.3 is 45.5 Å². The molecule has 5 aromatic rings. The van der Waals surface area contributed by atoms with Crippen molar-refractivity contribution >= 4 is 30.9 Å². The average Bonchev–Trinajstić information content (AvgIpc) is 3.82. The highest BCUT2D eigenvalue weighted by atomic mass is 31.2. The Labute approximate surface area is 304 Å². The highest BCUT2D eigenvalue weighted by molar-refractivity contribution is 7.47. The monoisotopic (exact) mass is 769 g/mol. The molecule has 286 valence electrons. The molecule has 0 saturated carbocycles. The van der Waals surface area contributed by atoms with Gasteiger partial charge in [-0.05, 0) is 11.1 Å². The van der Waals surface area contributed by atoms with Gasteiger partial charge in [-0.3, -0.25) is 28.0 Å². The van der Waals surface area contributed by atoms with Crippen molar-refractivity contribution in [2.45, 2.75) is 62.3 Å². The van der Waals surface area contributed by atoms with Crippen molar-refractivity contribution in [3.8, 4) is 0 Å². The van der Waals surface area contributed by atoms with Crippen molar-refractivity contribution in [1.82, 2.24) is 34.1 Å². The average molecular weight is 770 g/mol. The molecule has 54 heavy (non-hydrogen) atoms. The summed E-state index contributed by atoms with van der Waals surface area (Å²) in [6.07, 6.45) is -8.11. The van der Waals surface area contributed by atoms with E-state index in [-0.39, 0.29) is 36.3 Å². The van der Waals surface area contributed by atoms with Crippen LogP contribution in [0.1, 0.15) is 23.6 Å². The number of nitrogens with two attached hydrogens (primary N) is 2. The van der Waals surface area contributed by atoms with E-state index in [9.17, 15) is 29.3 Å². The molecule has 0 spiro atoms. The van der Waals surface area contributed by atoms with Crippen LogP contribution in [0.5, 0.6) is 0 Å². The second-order valence-electron chi connectivity index (χ2n) is 12.3. The number of phosphoric ester groups is 1. The number of anilines is 2. The Kier molecular flexibility index (Phi) is 10.9. The Balaban J connectivity index is 1.11. The minimum absolute atomic E-state index is 0.0145. The first kappa shape index (κ1) is 37.4. The third-order valence-corrected chi connectivity index (χ3v) is 9.74. The fraction of sp³-hybridized carbons (Fsp3) is 0.375. The van der Waals surface area contributed by atoms with Gasteiger partial charge in [0.2, 0.25) is 11.9 Å². The molecule has 2 aromatic carbocycles. The summed E-state index contributed by atoms with van der Waals surface area (Å²) < 4.78 is 51.1. The highest BCUT2D eigenvalue weighted by Gasteiger charge is 2.52.